The molecule has 1 aromatic carbocycles. The molecule has 7 nitrogen and oxygen atoms in total. The second kappa shape index (κ2) is 7.99. The second-order valence-corrected chi connectivity index (χ2v) is 6.55. The molecule has 1 atom stereocenters. The summed E-state index contributed by atoms with van der Waals surface area (Å²) in [4.78, 5) is 27.5. The van der Waals surface area contributed by atoms with E-state index < -0.39 is 0 Å². The summed E-state index contributed by atoms with van der Waals surface area (Å²) in [7, 11) is 0. The number of hydrogen-bond donors (Lipinski definition) is 0. The average Bonchev–Trinajstić information content (AvgIpc) is 3.28. The minimum absolute atomic E-state index is 0.00211. The summed E-state index contributed by atoms with van der Waals surface area (Å²) in [5, 5.41) is 0. The lowest BCUT2D eigenvalue weighted by molar-refractivity contribution is -0.134. The highest BCUT2D eigenvalue weighted by Gasteiger charge is 2.26. The first kappa shape index (κ1) is 17.2. The van der Waals surface area contributed by atoms with Crippen molar-refractivity contribution in [3.8, 4) is 11.6 Å². The summed E-state index contributed by atoms with van der Waals surface area (Å²) in [6.45, 7) is 1.44. The number of imidazole rings is 1. The zero-order valence-electron chi connectivity index (χ0n) is 14.9. The number of carbonyl (C=O) groups excluding carboxylic acids is 1. The Labute approximate surface area is 157 Å². The van der Waals surface area contributed by atoms with Crippen molar-refractivity contribution in [1.29, 1.82) is 0 Å². The molecule has 0 N–H and O–H groups in total. The topological polar surface area (TPSA) is 73.1 Å². The first-order valence-electron chi connectivity index (χ1n) is 9.05. The molecular formula is C20H21N5O2. The van der Waals surface area contributed by atoms with E-state index in [0.717, 1.165) is 30.9 Å². The zero-order valence-corrected chi connectivity index (χ0v) is 14.9. The predicted molar refractivity (Wildman–Crippen MR) is 99.6 cm³/mol. The van der Waals surface area contributed by atoms with Gasteiger partial charge in [0.05, 0.1) is 11.9 Å². The highest BCUT2D eigenvalue weighted by Crippen LogP contribution is 2.26. The first-order chi connectivity index (χ1) is 13.3. The Balaban J connectivity index is 1.40. The molecule has 1 amide bonds. The van der Waals surface area contributed by atoms with E-state index in [1.807, 2.05) is 46.0 Å². The van der Waals surface area contributed by atoms with Gasteiger partial charge in [0, 0.05) is 37.6 Å². The maximum Gasteiger partial charge on any atom is 0.260 e. The molecule has 1 fully saturated rings. The number of piperidine rings is 1. The Bertz CT molecular complexity index is 882. The van der Waals surface area contributed by atoms with E-state index >= 15 is 0 Å². The summed E-state index contributed by atoms with van der Waals surface area (Å²) in [6.07, 6.45) is 10.7. The lowest BCUT2D eigenvalue weighted by Crippen LogP contribution is -2.41. The van der Waals surface area contributed by atoms with E-state index in [0.29, 0.717) is 12.3 Å². The SMILES string of the molecule is O=C(COc1ccccc1)N1CCC[C@@H](c2cncc(-n3ccnc3)n2)C1. The van der Waals surface area contributed by atoms with Crippen LogP contribution in [0.3, 0.4) is 0 Å². The van der Waals surface area contributed by atoms with Crippen LogP contribution >= 0.6 is 0 Å². The van der Waals surface area contributed by atoms with Crippen LogP contribution in [0.15, 0.2) is 61.4 Å². The zero-order chi connectivity index (χ0) is 18.5. The number of amides is 1. The van der Waals surface area contributed by atoms with Crippen molar-refractivity contribution in [1.82, 2.24) is 24.4 Å². The van der Waals surface area contributed by atoms with Crippen molar-refractivity contribution in [3.63, 3.8) is 0 Å². The maximum atomic E-state index is 12.6. The number of ether oxygens (including phenoxy) is 1. The van der Waals surface area contributed by atoms with E-state index in [4.69, 9.17) is 9.72 Å². The summed E-state index contributed by atoms with van der Waals surface area (Å²) in [5.41, 5.74) is 0.905. The van der Waals surface area contributed by atoms with E-state index in [2.05, 4.69) is 9.97 Å². The lowest BCUT2D eigenvalue weighted by Gasteiger charge is -2.32. The quantitative estimate of drug-likeness (QED) is 0.696. The van der Waals surface area contributed by atoms with Gasteiger partial charge < -0.3 is 9.64 Å². The molecule has 7 heteroatoms. The first-order valence-corrected chi connectivity index (χ1v) is 9.05. The number of rotatable bonds is 5. The molecule has 3 heterocycles. The maximum absolute atomic E-state index is 12.6. The number of likely N-dealkylation sites (tertiary alicyclic amines) is 1. The molecule has 138 valence electrons. The Morgan fingerprint density at radius 3 is 2.89 bits per heavy atom. The largest absolute Gasteiger partial charge is 0.484 e. The van der Waals surface area contributed by atoms with Gasteiger partial charge in [-0.25, -0.2) is 9.97 Å². The molecule has 0 unspecified atom stereocenters. The van der Waals surface area contributed by atoms with Crippen LogP contribution in [0.4, 0.5) is 0 Å². The highest BCUT2D eigenvalue weighted by molar-refractivity contribution is 5.78. The second-order valence-electron chi connectivity index (χ2n) is 6.55. The van der Waals surface area contributed by atoms with Crippen molar-refractivity contribution in [2.75, 3.05) is 19.7 Å². The predicted octanol–water partition coefficient (Wildman–Crippen LogP) is 2.45. The molecule has 3 aromatic rings. The van der Waals surface area contributed by atoms with E-state index in [9.17, 15) is 4.79 Å². The van der Waals surface area contributed by atoms with Crippen molar-refractivity contribution >= 4 is 5.91 Å². The van der Waals surface area contributed by atoms with Crippen molar-refractivity contribution in [2.24, 2.45) is 0 Å². The Morgan fingerprint density at radius 2 is 2.07 bits per heavy atom. The number of nitrogens with zero attached hydrogens (tertiary/aromatic N) is 5. The third-order valence-corrected chi connectivity index (χ3v) is 4.71. The number of carbonyl (C=O) groups is 1. The molecule has 0 aliphatic carbocycles. The van der Waals surface area contributed by atoms with Gasteiger partial charge in [0.1, 0.15) is 12.1 Å². The fourth-order valence-corrected chi connectivity index (χ4v) is 3.28. The average molecular weight is 363 g/mol. The molecule has 4 rings (SSSR count). The monoisotopic (exact) mass is 363 g/mol. The molecule has 2 aromatic heterocycles. The van der Waals surface area contributed by atoms with Gasteiger partial charge in [-0.2, -0.15) is 0 Å². The normalized spacial score (nSPS) is 16.9. The van der Waals surface area contributed by atoms with Gasteiger partial charge >= 0.3 is 0 Å². The Hall–Kier alpha value is -3.22. The molecular weight excluding hydrogens is 342 g/mol. The lowest BCUT2D eigenvalue weighted by atomic mass is 9.95. The van der Waals surface area contributed by atoms with Gasteiger partial charge in [0.15, 0.2) is 12.4 Å². The van der Waals surface area contributed by atoms with Gasteiger partial charge in [-0.3, -0.25) is 14.3 Å². The van der Waals surface area contributed by atoms with Crippen LogP contribution in [0, 0.1) is 0 Å². The van der Waals surface area contributed by atoms with Crippen LogP contribution in [-0.4, -0.2) is 50.0 Å². The van der Waals surface area contributed by atoms with E-state index in [-0.39, 0.29) is 18.4 Å². The van der Waals surface area contributed by atoms with Gasteiger partial charge in [-0.1, -0.05) is 18.2 Å². The molecule has 0 radical (unpaired) electrons. The molecule has 1 aliphatic heterocycles. The third-order valence-electron chi connectivity index (χ3n) is 4.71. The van der Waals surface area contributed by atoms with Gasteiger partial charge in [-0.15, -0.1) is 0 Å². The molecule has 0 bridgehead atoms. The molecule has 1 aliphatic rings. The molecule has 0 saturated carbocycles. The Morgan fingerprint density at radius 1 is 1.19 bits per heavy atom. The van der Waals surface area contributed by atoms with Crippen molar-refractivity contribution in [2.45, 2.75) is 18.8 Å². The molecule has 27 heavy (non-hydrogen) atoms. The van der Waals surface area contributed by atoms with Crippen molar-refractivity contribution in [3.05, 3.63) is 67.1 Å². The fraction of sp³-hybridized carbons (Fsp3) is 0.300. The standard InChI is InChI=1S/C20H21N5O2/c26-20(14-27-17-6-2-1-3-7-17)24-9-4-5-16(13-24)18-11-22-12-19(23-18)25-10-8-21-15-25/h1-3,6-8,10-12,15-16H,4-5,9,13-14H2/t16-/m1/s1. The molecule has 0 spiro atoms. The molecule has 1 saturated heterocycles. The fourth-order valence-electron chi connectivity index (χ4n) is 3.28. The number of hydrogen-bond acceptors (Lipinski definition) is 5. The minimum atomic E-state index is 0.00211. The van der Waals surface area contributed by atoms with Crippen LogP contribution in [0.25, 0.3) is 5.82 Å². The van der Waals surface area contributed by atoms with Gasteiger partial charge in [0.2, 0.25) is 0 Å². The van der Waals surface area contributed by atoms with Crippen LogP contribution in [0.2, 0.25) is 0 Å². The summed E-state index contributed by atoms with van der Waals surface area (Å²) >= 11 is 0. The van der Waals surface area contributed by atoms with Gasteiger partial charge in [0.25, 0.3) is 5.91 Å². The smallest absolute Gasteiger partial charge is 0.260 e. The van der Waals surface area contributed by atoms with E-state index in [1.54, 1.807) is 24.9 Å². The van der Waals surface area contributed by atoms with Crippen LogP contribution in [-0.2, 0) is 4.79 Å². The number of para-hydroxylation sites is 1. The Kier molecular flexibility index (Phi) is 5.09. The summed E-state index contributed by atoms with van der Waals surface area (Å²) in [5.74, 6) is 1.62. The van der Waals surface area contributed by atoms with Crippen LogP contribution < -0.4 is 4.74 Å². The van der Waals surface area contributed by atoms with Crippen LogP contribution in [0.5, 0.6) is 5.75 Å². The summed E-state index contributed by atoms with van der Waals surface area (Å²) in [6, 6.07) is 9.40. The van der Waals surface area contributed by atoms with E-state index in [1.165, 1.54) is 0 Å². The van der Waals surface area contributed by atoms with Crippen molar-refractivity contribution < 1.29 is 9.53 Å². The summed E-state index contributed by atoms with van der Waals surface area (Å²) < 4.78 is 7.43. The minimum Gasteiger partial charge on any atom is -0.484 e. The number of aromatic nitrogens is 4. The highest BCUT2D eigenvalue weighted by atomic mass is 16.5. The van der Waals surface area contributed by atoms with Gasteiger partial charge in [-0.05, 0) is 25.0 Å². The van der Waals surface area contributed by atoms with Crippen LogP contribution in [0.1, 0.15) is 24.5 Å². The number of benzene rings is 1. The third kappa shape index (κ3) is 4.13.